The van der Waals surface area contributed by atoms with Gasteiger partial charge >= 0.3 is 0 Å². The predicted octanol–water partition coefficient (Wildman–Crippen LogP) is 4.41. The van der Waals surface area contributed by atoms with Crippen LogP contribution in [0.4, 0.5) is 0 Å². The number of rotatable bonds is 0. The molecule has 0 N–H and O–H groups in total. The van der Waals surface area contributed by atoms with E-state index < -0.39 is 0 Å². The normalized spacial score (nSPS) is 60.7. The average molecular weight is 248 g/mol. The van der Waals surface area contributed by atoms with Crippen LogP contribution >= 0.6 is 0 Å². The molecule has 0 amide bonds. The molecule has 5 atom stereocenters. The minimum atomic E-state index is 0.311. The molecule has 1 nitrogen and oxygen atoms in total. The Hall–Kier alpha value is -0.0400. The number of fused-ring (bicyclic) bond motifs is 1. The van der Waals surface area contributed by atoms with Crippen molar-refractivity contribution in [3.05, 3.63) is 0 Å². The summed E-state index contributed by atoms with van der Waals surface area (Å²) in [6.45, 7) is 11.2. The second-order valence-electron chi connectivity index (χ2n) is 8.53. The van der Waals surface area contributed by atoms with Crippen molar-refractivity contribution in [3.8, 4) is 0 Å². The Bertz CT molecular complexity index is 400. The van der Waals surface area contributed by atoms with Crippen LogP contribution in [-0.2, 0) is 4.74 Å². The standard InChI is InChI=1S/C17H28O/c1-12-16-10-11-18-17(12,16)9-6-13-14(2,3)7-5-8-15(13,16)4/h12-13H,5-11H2,1-4H3/t12?,13-,15-,16-,17-/m0/s1. The molecule has 3 saturated carbocycles. The van der Waals surface area contributed by atoms with E-state index in [0.717, 1.165) is 18.4 Å². The summed E-state index contributed by atoms with van der Waals surface area (Å²) in [5, 5.41) is 0. The van der Waals surface area contributed by atoms with Crippen LogP contribution in [0.25, 0.3) is 0 Å². The lowest BCUT2D eigenvalue weighted by Crippen LogP contribution is -2.52. The average Bonchev–Trinajstić information content (AvgIpc) is 2.68. The van der Waals surface area contributed by atoms with Gasteiger partial charge in [-0.25, -0.2) is 0 Å². The van der Waals surface area contributed by atoms with Crippen LogP contribution in [0.1, 0.15) is 66.2 Å². The molecular formula is C17H28O. The molecular weight excluding hydrogens is 220 g/mol. The highest BCUT2D eigenvalue weighted by atomic mass is 16.5. The molecule has 1 saturated heterocycles. The van der Waals surface area contributed by atoms with Gasteiger partial charge in [0, 0.05) is 12.0 Å². The smallest absolute Gasteiger partial charge is 0.0780 e. The van der Waals surface area contributed by atoms with Crippen molar-refractivity contribution in [3.63, 3.8) is 0 Å². The summed E-state index contributed by atoms with van der Waals surface area (Å²) >= 11 is 0. The predicted molar refractivity (Wildman–Crippen MR) is 73.4 cm³/mol. The van der Waals surface area contributed by atoms with Gasteiger partial charge < -0.3 is 4.74 Å². The van der Waals surface area contributed by atoms with E-state index in [4.69, 9.17) is 4.74 Å². The van der Waals surface area contributed by atoms with Crippen molar-refractivity contribution >= 4 is 0 Å². The van der Waals surface area contributed by atoms with Crippen molar-refractivity contribution in [2.45, 2.75) is 71.8 Å². The summed E-state index contributed by atoms with van der Waals surface area (Å²) in [6.07, 6.45) is 8.43. The maximum atomic E-state index is 6.30. The fourth-order valence-electron chi connectivity index (χ4n) is 7.36. The molecule has 4 fully saturated rings. The van der Waals surface area contributed by atoms with Gasteiger partial charge in [0.25, 0.3) is 0 Å². The summed E-state index contributed by atoms with van der Waals surface area (Å²) in [5.41, 5.74) is 1.98. The van der Waals surface area contributed by atoms with Gasteiger partial charge in [0.1, 0.15) is 0 Å². The molecule has 4 rings (SSSR count). The maximum absolute atomic E-state index is 6.30. The van der Waals surface area contributed by atoms with Gasteiger partial charge in [0.05, 0.1) is 5.60 Å². The van der Waals surface area contributed by atoms with Crippen LogP contribution in [0.2, 0.25) is 0 Å². The van der Waals surface area contributed by atoms with Crippen molar-refractivity contribution in [1.82, 2.24) is 0 Å². The van der Waals surface area contributed by atoms with Gasteiger partial charge in [0.15, 0.2) is 0 Å². The highest BCUT2D eigenvalue weighted by molar-refractivity contribution is 5.34. The molecule has 3 aliphatic carbocycles. The first-order valence-electron chi connectivity index (χ1n) is 8.05. The van der Waals surface area contributed by atoms with Gasteiger partial charge in [-0.1, -0.05) is 34.1 Å². The highest BCUT2D eigenvalue weighted by Crippen LogP contribution is 2.85. The third-order valence-corrected chi connectivity index (χ3v) is 8.02. The highest BCUT2D eigenvalue weighted by Gasteiger charge is 2.86. The molecule has 0 aromatic heterocycles. The molecule has 0 spiro atoms. The van der Waals surface area contributed by atoms with Crippen LogP contribution < -0.4 is 0 Å². The zero-order valence-corrected chi connectivity index (χ0v) is 12.5. The van der Waals surface area contributed by atoms with Crippen molar-refractivity contribution in [2.24, 2.45) is 28.1 Å². The maximum Gasteiger partial charge on any atom is 0.0780 e. The lowest BCUT2D eigenvalue weighted by Gasteiger charge is -2.58. The van der Waals surface area contributed by atoms with Gasteiger partial charge in [-0.2, -0.15) is 0 Å². The first kappa shape index (κ1) is 11.8. The van der Waals surface area contributed by atoms with Crippen LogP contribution in [0.15, 0.2) is 0 Å². The zero-order chi connectivity index (χ0) is 12.8. The molecule has 0 aromatic rings. The SMILES string of the molecule is CC1[C@]23CCO[C@@]12CC[C@H]1C(C)(C)CCC[C@@]13C. The second kappa shape index (κ2) is 3.00. The Kier molecular flexibility index (Phi) is 1.96. The molecule has 0 bridgehead atoms. The summed E-state index contributed by atoms with van der Waals surface area (Å²) in [5.74, 6) is 1.75. The van der Waals surface area contributed by atoms with E-state index in [0.29, 0.717) is 21.8 Å². The van der Waals surface area contributed by atoms with E-state index in [-0.39, 0.29) is 0 Å². The van der Waals surface area contributed by atoms with Gasteiger partial charge in [0.2, 0.25) is 0 Å². The summed E-state index contributed by atoms with van der Waals surface area (Å²) in [4.78, 5) is 0. The minimum absolute atomic E-state index is 0.311. The first-order valence-corrected chi connectivity index (χ1v) is 8.05. The summed E-state index contributed by atoms with van der Waals surface area (Å²) in [6, 6.07) is 0. The minimum Gasteiger partial charge on any atom is -0.374 e. The van der Waals surface area contributed by atoms with Crippen LogP contribution in [0.3, 0.4) is 0 Å². The van der Waals surface area contributed by atoms with Crippen LogP contribution in [0, 0.1) is 28.1 Å². The van der Waals surface area contributed by atoms with Gasteiger partial charge in [-0.3, -0.25) is 0 Å². The zero-order valence-electron chi connectivity index (χ0n) is 12.5. The van der Waals surface area contributed by atoms with E-state index in [9.17, 15) is 0 Å². The van der Waals surface area contributed by atoms with E-state index in [1.54, 1.807) is 0 Å². The molecule has 1 heteroatoms. The van der Waals surface area contributed by atoms with Crippen molar-refractivity contribution in [2.75, 3.05) is 6.61 Å². The molecule has 0 radical (unpaired) electrons. The van der Waals surface area contributed by atoms with Crippen LogP contribution in [-0.4, -0.2) is 12.2 Å². The van der Waals surface area contributed by atoms with E-state index in [2.05, 4.69) is 27.7 Å². The molecule has 102 valence electrons. The van der Waals surface area contributed by atoms with Gasteiger partial charge in [-0.15, -0.1) is 0 Å². The van der Waals surface area contributed by atoms with E-state index >= 15 is 0 Å². The summed E-state index contributed by atoms with van der Waals surface area (Å²) < 4.78 is 6.30. The number of hydrogen-bond donors (Lipinski definition) is 0. The fraction of sp³-hybridized carbons (Fsp3) is 1.00. The third-order valence-electron chi connectivity index (χ3n) is 8.02. The van der Waals surface area contributed by atoms with Crippen LogP contribution in [0.5, 0.6) is 0 Å². The molecule has 1 aliphatic heterocycles. The lowest BCUT2D eigenvalue weighted by atomic mass is 9.47. The molecule has 1 heterocycles. The second-order valence-corrected chi connectivity index (χ2v) is 8.53. The van der Waals surface area contributed by atoms with E-state index in [1.807, 2.05) is 0 Å². The Morgan fingerprint density at radius 2 is 1.78 bits per heavy atom. The van der Waals surface area contributed by atoms with Crippen molar-refractivity contribution in [1.29, 1.82) is 0 Å². The Morgan fingerprint density at radius 1 is 1.00 bits per heavy atom. The molecule has 1 unspecified atom stereocenters. The Morgan fingerprint density at radius 3 is 2.56 bits per heavy atom. The Labute approximate surface area is 112 Å². The van der Waals surface area contributed by atoms with Gasteiger partial charge in [-0.05, 0) is 54.8 Å². The lowest BCUT2D eigenvalue weighted by molar-refractivity contribution is -0.105. The molecule has 4 aliphatic rings. The largest absolute Gasteiger partial charge is 0.374 e. The number of hydrogen-bond acceptors (Lipinski definition) is 1. The summed E-state index contributed by atoms with van der Waals surface area (Å²) in [7, 11) is 0. The fourth-order valence-corrected chi connectivity index (χ4v) is 7.36. The van der Waals surface area contributed by atoms with Crippen molar-refractivity contribution < 1.29 is 4.74 Å². The monoisotopic (exact) mass is 248 g/mol. The molecule has 0 aromatic carbocycles. The third kappa shape index (κ3) is 0.930. The molecule has 18 heavy (non-hydrogen) atoms. The Balaban J connectivity index is 1.82. The first-order chi connectivity index (χ1) is 8.41. The quantitative estimate of drug-likeness (QED) is 0.617. The number of ether oxygens (including phenoxy) is 1. The topological polar surface area (TPSA) is 9.23 Å². The van der Waals surface area contributed by atoms with E-state index in [1.165, 1.54) is 38.5 Å².